The number of hydrogen-bond acceptors (Lipinski definition) is 3. The standard InChI is InChI=1S/C10H14N2O2S/c1-6-3-4-14-8(6)10(13)12-5-7(2)9(11)15/h3-4,7H,5H2,1-2H3,(H2,11,15)(H,12,13). The number of carbonyl (C=O) groups is 1. The lowest BCUT2D eigenvalue weighted by Crippen LogP contribution is -2.33. The Morgan fingerprint density at radius 2 is 2.40 bits per heavy atom. The molecule has 0 aliphatic rings. The Kier molecular flexibility index (Phi) is 3.85. The SMILES string of the molecule is Cc1ccoc1C(=O)NCC(C)C(N)=S. The predicted octanol–water partition coefficient (Wildman–Crippen LogP) is 1.24. The number of hydrogen-bond donors (Lipinski definition) is 2. The molecule has 4 nitrogen and oxygen atoms in total. The molecular formula is C10H14N2O2S. The third-order valence-electron chi connectivity index (χ3n) is 2.12. The first kappa shape index (κ1) is 11.7. The van der Waals surface area contributed by atoms with E-state index in [1.54, 1.807) is 6.07 Å². The number of nitrogens with two attached hydrogens (primary N) is 1. The molecule has 1 atom stereocenters. The van der Waals surface area contributed by atoms with Crippen LogP contribution in [0.2, 0.25) is 0 Å². The fourth-order valence-corrected chi connectivity index (χ4v) is 1.12. The van der Waals surface area contributed by atoms with E-state index >= 15 is 0 Å². The van der Waals surface area contributed by atoms with Gasteiger partial charge in [-0.3, -0.25) is 4.79 Å². The van der Waals surface area contributed by atoms with Gasteiger partial charge in [0.1, 0.15) is 0 Å². The van der Waals surface area contributed by atoms with Crippen molar-refractivity contribution in [1.29, 1.82) is 0 Å². The molecule has 0 radical (unpaired) electrons. The van der Waals surface area contributed by atoms with Crippen LogP contribution < -0.4 is 11.1 Å². The van der Waals surface area contributed by atoms with Gasteiger partial charge in [-0.15, -0.1) is 0 Å². The highest BCUT2D eigenvalue weighted by Crippen LogP contribution is 2.08. The van der Waals surface area contributed by atoms with Gasteiger partial charge >= 0.3 is 0 Å². The zero-order valence-corrected chi connectivity index (χ0v) is 9.56. The summed E-state index contributed by atoms with van der Waals surface area (Å²) in [5, 5.41) is 2.71. The molecule has 82 valence electrons. The lowest BCUT2D eigenvalue weighted by molar-refractivity contribution is 0.0922. The van der Waals surface area contributed by atoms with Crippen LogP contribution in [-0.4, -0.2) is 17.4 Å². The van der Waals surface area contributed by atoms with Gasteiger partial charge < -0.3 is 15.5 Å². The summed E-state index contributed by atoms with van der Waals surface area (Å²) in [6.45, 7) is 4.10. The second-order valence-corrected chi connectivity index (χ2v) is 3.92. The normalized spacial score (nSPS) is 12.1. The molecule has 0 saturated heterocycles. The van der Waals surface area contributed by atoms with Crippen LogP contribution in [0, 0.1) is 12.8 Å². The smallest absolute Gasteiger partial charge is 0.287 e. The molecule has 1 rings (SSSR count). The molecular weight excluding hydrogens is 212 g/mol. The van der Waals surface area contributed by atoms with Crippen LogP contribution in [0.1, 0.15) is 23.0 Å². The maximum Gasteiger partial charge on any atom is 0.287 e. The van der Waals surface area contributed by atoms with Crippen molar-refractivity contribution >= 4 is 23.1 Å². The fourth-order valence-electron chi connectivity index (χ4n) is 1.03. The Balaban J connectivity index is 2.51. The van der Waals surface area contributed by atoms with Crippen LogP contribution in [0.5, 0.6) is 0 Å². The molecule has 3 N–H and O–H groups in total. The Labute approximate surface area is 93.8 Å². The van der Waals surface area contributed by atoms with Crippen molar-refractivity contribution in [3.8, 4) is 0 Å². The number of amides is 1. The number of nitrogens with one attached hydrogen (secondary N) is 1. The average molecular weight is 226 g/mol. The number of aryl methyl sites for hydroxylation is 1. The summed E-state index contributed by atoms with van der Waals surface area (Å²) in [6, 6.07) is 1.74. The van der Waals surface area contributed by atoms with Gasteiger partial charge in [0.05, 0.1) is 11.3 Å². The highest BCUT2D eigenvalue weighted by Gasteiger charge is 2.13. The summed E-state index contributed by atoms with van der Waals surface area (Å²) in [5.41, 5.74) is 6.24. The summed E-state index contributed by atoms with van der Waals surface area (Å²) >= 11 is 4.80. The third-order valence-corrected chi connectivity index (χ3v) is 2.53. The number of furan rings is 1. The van der Waals surface area contributed by atoms with E-state index in [1.165, 1.54) is 6.26 Å². The van der Waals surface area contributed by atoms with Crippen molar-refractivity contribution in [2.24, 2.45) is 11.7 Å². The van der Waals surface area contributed by atoms with E-state index in [0.717, 1.165) is 5.56 Å². The highest BCUT2D eigenvalue weighted by atomic mass is 32.1. The summed E-state index contributed by atoms with van der Waals surface area (Å²) in [7, 11) is 0. The van der Waals surface area contributed by atoms with Crippen LogP contribution >= 0.6 is 12.2 Å². The molecule has 15 heavy (non-hydrogen) atoms. The summed E-state index contributed by atoms with van der Waals surface area (Å²) in [6.07, 6.45) is 1.49. The maximum absolute atomic E-state index is 11.6. The summed E-state index contributed by atoms with van der Waals surface area (Å²) in [5.74, 6) is 0.0879. The van der Waals surface area contributed by atoms with Gasteiger partial charge in [0.25, 0.3) is 5.91 Å². The second-order valence-electron chi connectivity index (χ2n) is 3.45. The maximum atomic E-state index is 11.6. The van der Waals surface area contributed by atoms with Crippen molar-refractivity contribution in [1.82, 2.24) is 5.32 Å². The Morgan fingerprint density at radius 3 is 2.87 bits per heavy atom. The van der Waals surface area contributed by atoms with Crippen molar-refractivity contribution < 1.29 is 9.21 Å². The van der Waals surface area contributed by atoms with E-state index in [2.05, 4.69) is 5.32 Å². The zero-order chi connectivity index (χ0) is 11.4. The van der Waals surface area contributed by atoms with E-state index in [0.29, 0.717) is 17.3 Å². The van der Waals surface area contributed by atoms with E-state index in [4.69, 9.17) is 22.4 Å². The molecule has 0 aromatic carbocycles. The Bertz CT molecular complexity index is 373. The van der Waals surface area contributed by atoms with E-state index in [-0.39, 0.29) is 11.8 Å². The number of thiocarbonyl (C=S) groups is 1. The van der Waals surface area contributed by atoms with Crippen molar-refractivity contribution in [2.75, 3.05) is 6.54 Å². The molecule has 1 amide bonds. The van der Waals surface area contributed by atoms with Crippen LogP contribution in [0.25, 0.3) is 0 Å². The largest absolute Gasteiger partial charge is 0.459 e. The lowest BCUT2D eigenvalue weighted by Gasteiger charge is -2.09. The van der Waals surface area contributed by atoms with Gasteiger partial charge in [-0.2, -0.15) is 0 Å². The van der Waals surface area contributed by atoms with E-state index < -0.39 is 0 Å². The predicted molar refractivity (Wildman–Crippen MR) is 61.7 cm³/mol. The quantitative estimate of drug-likeness (QED) is 0.758. The third kappa shape index (κ3) is 3.06. The molecule has 1 aromatic heterocycles. The molecule has 1 unspecified atom stereocenters. The molecule has 0 saturated carbocycles. The minimum absolute atomic E-state index is 0.0146. The Morgan fingerprint density at radius 1 is 1.73 bits per heavy atom. The fraction of sp³-hybridized carbons (Fsp3) is 0.400. The molecule has 1 heterocycles. The summed E-state index contributed by atoms with van der Waals surface area (Å²) in [4.78, 5) is 12.0. The average Bonchev–Trinajstić information content (AvgIpc) is 2.60. The molecule has 0 aliphatic carbocycles. The first-order valence-electron chi connectivity index (χ1n) is 4.64. The monoisotopic (exact) mass is 226 g/mol. The molecule has 1 aromatic rings. The number of carbonyl (C=O) groups excluding carboxylic acids is 1. The topological polar surface area (TPSA) is 68.3 Å². The lowest BCUT2D eigenvalue weighted by atomic mass is 10.2. The second kappa shape index (κ2) is 4.93. The molecule has 0 fully saturated rings. The Hall–Kier alpha value is -1.36. The molecule has 5 heteroatoms. The molecule has 0 bridgehead atoms. The van der Waals surface area contributed by atoms with Crippen molar-refractivity contribution in [3.05, 3.63) is 23.7 Å². The van der Waals surface area contributed by atoms with E-state index in [1.807, 2.05) is 13.8 Å². The van der Waals surface area contributed by atoms with Crippen LogP contribution in [0.3, 0.4) is 0 Å². The van der Waals surface area contributed by atoms with E-state index in [9.17, 15) is 4.79 Å². The molecule has 0 aliphatic heterocycles. The molecule has 0 spiro atoms. The first-order valence-corrected chi connectivity index (χ1v) is 5.04. The van der Waals surface area contributed by atoms with Gasteiger partial charge in [0.2, 0.25) is 0 Å². The van der Waals surface area contributed by atoms with Crippen LogP contribution in [0.4, 0.5) is 0 Å². The van der Waals surface area contributed by atoms with Gasteiger partial charge in [-0.25, -0.2) is 0 Å². The van der Waals surface area contributed by atoms with Crippen molar-refractivity contribution in [2.45, 2.75) is 13.8 Å². The van der Waals surface area contributed by atoms with Crippen LogP contribution in [0.15, 0.2) is 16.7 Å². The minimum atomic E-state index is -0.236. The zero-order valence-electron chi connectivity index (χ0n) is 8.74. The van der Waals surface area contributed by atoms with Gasteiger partial charge in [-0.05, 0) is 13.0 Å². The minimum Gasteiger partial charge on any atom is -0.459 e. The van der Waals surface area contributed by atoms with Crippen molar-refractivity contribution in [3.63, 3.8) is 0 Å². The van der Waals surface area contributed by atoms with Gasteiger partial charge in [0.15, 0.2) is 5.76 Å². The van der Waals surface area contributed by atoms with Gasteiger partial charge in [0, 0.05) is 18.0 Å². The highest BCUT2D eigenvalue weighted by molar-refractivity contribution is 7.80. The van der Waals surface area contributed by atoms with Crippen LogP contribution in [-0.2, 0) is 0 Å². The number of rotatable bonds is 4. The van der Waals surface area contributed by atoms with Gasteiger partial charge in [-0.1, -0.05) is 19.1 Å². The first-order chi connectivity index (χ1) is 7.02. The summed E-state index contributed by atoms with van der Waals surface area (Å²) < 4.78 is 5.04.